The lowest BCUT2D eigenvalue weighted by atomic mass is 9.77. The number of halogens is 18. The Labute approximate surface area is 424 Å². The second-order valence-electron chi connectivity index (χ2n) is 13.6. The molecule has 6 nitrogen and oxygen atoms in total. The quantitative estimate of drug-likeness (QED) is 0.0857. The third-order valence-electron chi connectivity index (χ3n) is 10.2. The van der Waals surface area contributed by atoms with Gasteiger partial charge in [0.2, 0.25) is 5.41 Å². The molecule has 6 aromatic heterocycles. The molecule has 3 aliphatic carbocycles. The van der Waals surface area contributed by atoms with Gasteiger partial charge in [0.15, 0.2) is 0 Å². The van der Waals surface area contributed by atoms with Crippen LogP contribution in [0.3, 0.4) is 0 Å². The first-order chi connectivity index (χ1) is 28.6. The molecule has 0 spiro atoms. The Morgan fingerprint density at radius 3 is 0.903 bits per heavy atom. The number of rotatable bonds is 0. The minimum atomic E-state index is -5.58. The molecule has 24 heteroatoms. The zero-order chi connectivity index (χ0) is 45.7. The van der Waals surface area contributed by atoms with E-state index >= 15 is 0 Å². The van der Waals surface area contributed by atoms with Crippen LogP contribution in [-0.4, -0.2) is 54.6 Å². The zero-order valence-electron chi connectivity index (χ0n) is 30.0. The summed E-state index contributed by atoms with van der Waals surface area (Å²) in [6, 6.07) is 16.3. The minimum Gasteiger partial charge on any atom is -0.240 e. The topological polar surface area (TPSA) is 77.3 Å². The van der Waals surface area contributed by atoms with E-state index in [1.54, 1.807) is 69.4 Å². The van der Waals surface area contributed by atoms with Gasteiger partial charge in [-0.2, -0.15) is 52.7 Å². The Morgan fingerprint density at radius 2 is 0.629 bits per heavy atom. The normalized spacial score (nSPS) is 15.5. The molecular weight excluding hydrogens is 1530 g/mol. The van der Waals surface area contributed by atoms with Gasteiger partial charge in [0, 0.05) is 11.1 Å². The van der Waals surface area contributed by atoms with E-state index in [0.29, 0.717) is 37.6 Å². The Kier molecular flexibility index (Phi) is 13.2. The van der Waals surface area contributed by atoms with Crippen LogP contribution >= 0.6 is 136 Å². The summed E-state index contributed by atoms with van der Waals surface area (Å²) >= 11 is 11.4. The summed E-state index contributed by atoms with van der Waals surface area (Å²) in [5, 5.41) is 0. The zero-order valence-corrected chi connectivity index (χ0v) is 42.9. The molecule has 62 heavy (non-hydrogen) atoms. The van der Waals surface area contributed by atoms with Gasteiger partial charge in [0.1, 0.15) is 33.5 Å². The lowest BCUT2D eigenvalue weighted by Gasteiger charge is -2.35. The summed E-state index contributed by atoms with van der Waals surface area (Å²) in [6.07, 6.45) is -19.9. The predicted octanol–water partition coefficient (Wildman–Crippen LogP) is 14.0. The molecule has 6 aromatic rings. The highest BCUT2D eigenvalue weighted by Crippen LogP contribution is 2.63. The fourth-order valence-electron chi connectivity index (χ4n) is 7.50. The van der Waals surface area contributed by atoms with Crippen molar-refractivity contribution in [2.75, 3.05) is 0 Å². The highest BCUT2D eigenvalue weighted by Gasteiger charge is 2.76. The van der Waals surface area contributed by atoms with Crippen LogP contribution < -0.4 is 0 Å². The lowest BCUT2D eigenvalue weighted by Crippen LogP contribution is -2.53. The average molecular weight is 1550 g/mol. The van der Waals surface area contributed by atoms with Crippen LogP contribution in [0.5, 0.6) is 0 Å². The molecule has 0 atom stereocenters. The molecule has 0 saturated carbocycles. The van der Waals surface area contributed by atoms with Crippen molar-refractivity contribution in [2.24, 2.45) is 0 Å². The molecule has 6 heterocycles. The van der Waals surface area contributed by atoms with E-state index in [9.17, 15) is 52.7 Å². The van der Waals surface area contributed by atoms with Crippen LogP contribution in [0.15, 0.2) is 72.8 Å². The summed E-state index contributed by atoms with van der Waals surface area (Å²) in [6.45, 7) is 1.20. The fourth-order valence-corrected chi connectivity index (χ4v) is 10.0. The van der Waals surface area contributed by atoms with Crippen molar-refractivity contribution in [1.29, 1.82) is 0 Å². The molecule has 324 valence electrons. The van der Waals surface area contributed by atoms with Gasteiger partial charge in [-0.05, 0) is 201 Å². The molecule has 0 bridgehead atoms. The van der Waals surface area contributed by atoms with Gasteiger partial charge in [0.25, 0.3) is 0 Å². The van der Waals surface area contributed by atoms with Crippen LogP contribution in [0.1, 0.15) is 46.2 Å². The van der Waals surface area contributed by atoms with Crippen molar-refractivity contribution in [2.45, 2.75) is 48.4 Å². The van der Waals surface area contributed by atoms with E-state index in [0.717, 1.165) is 24.3 Å². The maximum absolute atomic E-state index is 13.7. The summed E-state index contributed by atoms with van der Waals surface area (Å²) in [5.41, 5.74) is -6.66. The number of pyridine rings is 6. The Balaban J connectivity index is 0.000000141. The van der Waals surface area contributed by atoms with Gasteiger partial charge in [-0.3, -0.25) is 0 Å². The van der Waals surface area contributed by atoms with Crippen molar-refractivity contribution >= 4 is 136 Å². The highest BCUT2D eigenvalue weighted by atomic mass is 127. The molecule has 0 unspecified atom stereocenters. The van der Waals surface area contributed by atoms with Crippen LogP contribution in [-0.2, 0) is 10.8 Å². The summed E-state index contributed by atoms with van der Waals surface area (Å²) in [5.74, 6) is -1.62. The summed E-state index contributed by atoms with van der Waals surface area (Å²) < 4.78 is 166. The molecule has 0 amide bonds. The monoisotopic (exact) mass is 1550 g/mol. The summed E-state index contributed by atoms with van der Waals surface area (Å²) in [7, 11) is 0. The number of aromatic nitrogens is 6. The summed E-state index contributed by atoms with van der Waals surface area (Å²) in [4.78, 5) is 24.7. The van der Waals surface area contributed by atoms with Crippen molar-refractivity contribution in [1.82, 2.24) is 29.9 Å². The van der Waals surface area contributed by atoms with E-state index in [-0.39, 0.29) is 41.0 Å². The maximum atomic E-state index is 13.7. The van der Waals surface area contributed by atoms with Gasteiger partial charge < -0.3 is 0 Å². The number of fused-ring (bicyclic) bond motifs is 9. The van der Waals surface area contributed by atoms with E-state index < -0.39 is 52.6 Å². The van der Waals surface area contributed by atoms with E-state index in [1.165, 1.54) is 31.2 Å². The van der Waals surface area contributed by atoms with Crippen LogP contribution in [0.4, 0.5) is 52.7 Å². The Morgan fingerprint density at radius 1 is 0.371 bits per heavy atom. The highest BCUT2D eigenvalue weighted by molar-refractivity contribution is 14.1. The van der Waals surface area contributed by atoms with E-state index in [4.69, 9.17) is 0 Å². The van der Waals surface area contributed by atoms with Crippen molar-refractivity contribution in [3.8, 4) is 34.2 Å². The minimum absolute atomic E-state index is 0.176. The molecule has 0 radical (unpaired) electrons. The van der Waals surface area contributed by atoms with Gasteiger partial charge in [-0.25, -0.2) is 29.9 Å². The molecule has 0 aromatic carbocycles. The third kappa shape index (κ3) is 8.19. The molecule has 0 fully saturated rings. The molecule has 0 saturated heterocycles. The lowest BCUT2D eigenvalue weighted by molar-refractivity contribution is -0.287. The molecule has 0 aliphatic heterocycles. The van der Waals surface area contributed by atoms with E-state index in [2.05, 4.69) is 29.9 Å². The van der Waals surface area contributed by atoms with Crippen molar-refractivity contribution in [3.05, 3.63) is 128 Å². The number of hydrogen-bond donors (Lipinski definition) is 0. The fraction of sp³-hybridized carbons (Fsp3) is 0.211. The average Bonchev–Trinajstić information content (AvgIpc) is 3.73. The first-order valence-electron chi connectivity index (χ1n) is 16.9. The molecule has 9 rings (SSSR count). The maximum Gasteiger partial charge on any atom is 0.411 e. The molecular formula is C38H16F12I6N6. The van der Waals surface area contributed by atoms with Gasteiger partial charge in [-0.1, -0.05) is 36.4 Å². The van der Waals surface area contributed by atoms with Crippen molar-refractivity contribution in [3.63, 3.8) is 0 Å². The van der Waals surface area contributed by atoms with Gasteiger partial charge >= 0.3 is 24.7 Å². The number of alkyl halides is 12. The van der Waals surface area contributed by atoms with Crippen LogP contribution in [0.25, 0.3) is 34.2 Å². The standard InChI is InChI=1S/C13H4F6I2N2.C13H7F3I2N2.C12H5F3I2N2/c14-12(15,16)11(13(17,18)19)5-1-3-7(20)22-9(5)10-6(11)2-4-8(21)23-10;1-12(13(14,15)16)6-2-4-8(17)19-10(6)11-7(12)3-5-9(18)20-11;13-12(14,15)9-5-1-3-7(16)18-10(5)11-6(9)2-4-8(17)19-11/h1-4H;2-5H,1H3;1-4,9H. The largest absolute Gasteiger partial charge is 0.411 e. The van der Waals surface area contributed by atoms with Gasteiger partial charge in [-0.15, -0.1) is 0 Å². The smallest absolute Gasteiger partial charge is 0.240 e. The third-order valence-corrected chi connectivity index (χ3v) is 13.8. The predicted molar refractivity (Wildman–Crippen MR) is 252 cm³/mol. The molecule has 3 aliphatic rings. The second-order valence-corrected chi connectivity index (χ2v) is 20.2. The van der Waals surface area contributed by atoms with Gasteiger partial charge in [0.05, 0.1) is 34.2 Å². The first-order valence-corrected chi connectivity index (χ1v) is 23.4. The molecule has 0 N–H and O–H groups in total. The SMILES string of the molecule is CC1(C(F)(F)F)c2ccc(I)nc2-c2nc(I)ccc21.FC(F)(F)C1(C(F)(F)F)c2ccc(I)nc2-c2nc(I)ccc21.FC(F)(F)C1c2ccc(I)nc2-c2nc(I)ccc21. The van der Waals surface area contributed by atoms with Crippen molar-refractivity contribution < 1.29 is 52.7 Å². The Bertz CT molecular complexity index is 2610. The van der Waals surface area contributed by atoms with Crippen LogP contribution in [0.2, 0.25) is 0 Å². The first kappa shape index (κ1) is 48.4. The van der Waals surface area contributed by atoms with Crippen LogP contribution in [0, 0.1) is 22.2 Å². The number of hydrogen-bond acceptors (Lipinski definition) is 6. The van der Waals surface area contributed by atoms with E-state index in [1.807, 2.05) is 90.4 Å². The number of nitrogens with zero attached hydrogens (tertiary/aromatic N) is 6. The Hall–Kier alpha value is -1.56. The second kappa shape index (κ2) is 16.9.